The molecule has 6 heteroatoms. The monoisotopic (exact) mass is 402 g/mol. The summed E-state index contributed by atoms with van der Waals surface area (Å²) in [5.41, 5.74) is 3.39. The number of fused-ring (bicyclic) bond motifs is 1. The highest BCUT2D eigenvalue weighted by Gasteiger charge is 2.15. The number of aliphatic imine (C=N–C) groups is 1. The Kier molecular flexibility index (Phi) is 5.53. The van der Waals surface area contributed by atoms with Gasteiger partial charge in [-0.15, -0.1) is 11.3 Å². The summed E-state index contributed by atoms with van der Waals surface area (Å²) in [6, 6.07) is 7.79. The molecule has 0 unspecified atom stereocenters. The van der Waals surface area contributed by atoms with E-state index in [1.807, 2.05) is 79.9 Å². The molecule has 0 atom stereocenters. The fourth-order valence-electron chi connectivity index (χ4n) is 3.12. The second kappa shape index (κ2) is 8.41. The molecule has 0 bridgehead atoms. The number of nitrogens with zero attached hydrogens (tertiary/aromatic N) is 3. The molecule has 29 heavy (non-hydrogen) atoms. The molecule has 0 spiro atoms. The molecule has 1 aromatic heterocycles. The standard InChI is InChI=1S/C23H22N4OS/c1-27(2)17-8-4-3-7-16(15-17)22(28)25-19-10-6-5-9-18(19)23-26-20-11-13-24-14-12-21(20)29-23/h3-7,9-12,14-15H,8,13H2,1-2H3,(H,25,28). The number of hydrogen-bond acceptors (Lipinski definition) is 5. The molecule has 0 radical (unpaired) electrons. The van der Waals surface area contributed by atoms with Gasteiger partial charge >= 0.3 is 0 Å². The third kappa shape index (κ3) is 4.27. The average Bonchev–Trinajstić information content (AvgIpc) is 2.89. The van der Waals surface area contributed by atoms with Gasteiger partial charge in [0.25, 0.3) is 5.91 Å². The van der Waals surface area contributed by atoms with Crippen molar-refractivity contribution >= 4 is 41.3 Å². The second-order valence-electron chi connectivity index (χ2n) is 6.94. The van der Waals surface area contributed by atoms with Crippen LogP contribution in [0.3, 0.4) is 0 Å². The van der Waals surface area contributed by atoms with Gasteiger partial charge in [0.15, 0.2) is 0 Å². The molecule has 1 aromatic carbocycles. The van der Waals surface area contributed by atoms with E-state index in [-0.39, 0.29) is 5.91 Å². The lowest BCUT2D eigenvalue weighted by Gasteiger charge is -2.16. The van der Waals surface area contributed by atoms with Crippen molar-refractivity contribution in [1.29, 1.82) is 0 Å². The van der Waals surface area contributed by atoms with Crippen molar-refractivity contribution in [1.82, 2.24) is 9.88 Å². The molecule has 4 rings (SSSR count). The van der Waals surface area contributed by atoms with Crippen LogP contribution in [-0.2, 0) is 4.79 Å². The number of para-hydroxylation sites is 1. The smallest absolute Gasteiger partial charge is 0.255 e. The van der Waals surface area contributed by atoms with Crippen LogP contribution in [0.25, 0.3) is 22.7 Å². The lowest BCUT2D eigenvalue weighted by atomic mass is 10.1. The molecule has 0 saturated heterocycles. The maximum absolute atomic E-state index is 13.0. The molecular weight excluding hydrogens is 380 g/mol. The molecule has 1 amide bonds. The third-order valence-electron chi connectivity index (χ3n) is 4.71. The summed E-state index contributed by atoms with van der Waals surface area (Å²) in [5, 5.41) is 4.90. The van der Waals surface area contributed by atoms with E-state index >= 15 is 0 Å². The number of anilines is 1. The summed E-state index contributed by atoms with van der Waals surface area (Å²) in [7, 11) is 3.97. The lowest BCUT2D eigenvalue weighted by molar-refractivity contribution is -0.112. The fraction of sp³-hybridized carbons (Fsp3) is 0.174. The van der Waals surface area contributed by atoms with Crippen LogP contribution in [0.5, 0.6) is 0 Å². The largest absolute Gasteiger partial charge is 0.381 e. The van der Waals surface area contributed by atoms with Crippen LogP contribution in [0.4, 0.5) is 5.69 Å². The van der Waals surface area contributed by atoms with E-state index in [0.717, 1.165) is 38.3 Å². The minimum absolute atomic E-state index is 0.133. The molecule has 0 fully saturated rings. The molecule has 2 aliphatic rings. The van der Waals surface area contributed by atoms with E-state index < -0.39 is 0 Å². The Labute approximate surface area is 173 Å². The van der Waals surface area contributed by atoms with Crippen molar-refractivity contribution in [2.45, 2.75) is 6.42 Å². The predicted octanol–water partition coefficient (Wildman–Crippen LogP) is 2.73. The first-order valence-electron chi connectivity index (χ1n) is 9.44. The predicted molar refractivity (Wildman–Crippen MR) is 121 cm³/mol. The van der Waals surface area contributed by atoms with Gasteiger partial charge in [-0.1, -0.05) is 24.3 Å². The zero-order chi connectivity index (χ0) is 20.2. The Hall–Kier alpha value is -3.25. The first kappa shape index (κ1) is 19.1. The highest BCUT2D eigenvalue weighted by atomic mass is 32.1. The first-order chi connectivity index (χ1) is 14.1. The number of hydrogen-bond donors (Lipinski definition) is 1. The number of amides is 1. The molecule has 1 N–H and O–H groups in total. The van der Waals surface area contributed by atoms with Gasteiger partial charge in [0.05, 0.1) is 22.1 Å². The number of benzene rings is 1. The van der Waals surface area contributed by atoms with Crippen molar-refractivity contribution in [3.8, 4) is 10.6 Å². The van der Waals surface area contributed by atoms with Crippen molar-refractivity contribution < 1.29 is 4.79 Å². The SMILES string of the molecule is CN(C)C1=CC(C(=O)Nc2ccccc2-c2nc3c(s2)=CC=NCC=3)=CC=CC1. The molecule has 146 valence electrons. The second-order valence-corrected chi connectivity index (χ2v) is 7.97. The maximum atomic E-state index is 13.0. The number of rotatable bonds is 4. The topological polar surface area (TPSA) is 57.6 Å². The summed E-state index contributed by atoms with van der Waals surface area (Å²) in [6.45, 7) is 0.632. The summed E-state index contributed by atoms with van der Waals surface area (Å²) in [5.74, 6) is -0.133. The normalized spacial score (nSPS) is 15.1. The van der Waals surface area contributed by atoms with Gasteiger partial charge in [-0.3, -0.25) is 9.79 Å². The molecule has 1 aliphatic heterocycles. The van der Waals surface area contributed by atoms with Crippen molar-refractivity contribution in [3.05, 3.63) is 69.7 Å². The summed E-state index contributed by atoms with van der Waals surface area (Å²) >= 11 is 1.60. The van der Waals surface area contributed by atoms with Gasteiger partial charge in [-0.2, -0.15) is 0 Å². The summed E-state index contributed by atoms with van der Waals surface area (Å²) in [6.07, 6.45) is 14.4. The maximum Gasteiger partial charge on any atom is 0.255 e. The van der Waals surface area contributed by atoms with Gasteiger partial charge in [0.2, 0.25) is 0 Å². The van der Waals surface area contributed by atoms with E-state index in [9.17, 15) is 4.79 Å². The van der Waals surface area contributed by atoms with Gasteiger partial charge in [-0.25, -0.2) is 4.98 Å². The minimum Gasteiger partial charge on any atom is -0.381 e. The van der Waals surface area contributed by atoms with E-state index in [4.69, 9.17) is 4.98 Å². The summed E-state index contributed by atoms with van der Waals surface area (Å²) in [4.78, 5) is 24.0. The van der Waals surface area contributed by atoms with E-state index in [1.54, 1.807) is 11.3 Å². The Bertz CT molecular complexity index is 1180. The Morgan fingerprint density at radius 3 is 2.93 bits per heavy atom. The number of carbonyl (C=O) groups excluding carboxylic acids is 1. The van der Waals surface area contributed by atoms with E-state index in [0.29, 0.717) is 12.1 Å². The van der Waals surface area contributed by atoms with Crippen LogP contribution < -0.4 is 15.2 Å². The highest BCUT2D eigenvalue weighted by Crippen LogP contribution is 2.28. The zero-order valence-corrected chi connectivity index (χ0v) is 17.2. The van der Waals surface area contributed by atoms with Gasteiger partial charge < -0.3 is 10.2 Å². The van der Waals surface area contributed by atoms with E-state index in [2.05, 4.69) is 16.4 Å². The minimum atomic E-state index is -0.133. The van der Waals surface area contributed by atoms with Crippen LogP contribution in [-0.4, -0.2) is 42.6 Å². The first-order valence-corrected chi connectivity index (χ1v) is 10.3. The van der Waals surface area contributed by atoms with Crippen LogP contribution in [0.1, 0.15) is 6.42 Å². The van der Waals surface area contributed by atoms with Crippen molar-refractivity contribution in [2.75, 3.05) is 26.0 Å². The van der Waals surface area contributed by atoms with Crippen LogP contribution in [0, 0.1) is 0 Å². The van der Waals surface area contributed by atoms with Crippen LogP contribution in [0.2, 0.25) is 0 Å². The highest BCUT2D eigenvalue weighted by molar-refractivity contribution is 7.13. The van der Waals surface area contributed by atoms with Crippen molar-refractivity contribution in [3.63, 3.8) is 0 Å². The molecular formula is C23H22N4OS. The molecule has 5 nitrogen and oxygen atoms in total. The van der Waals surface area contributed by atoms with Gasteiger partial charge in [0.1, 0.15) is 5.01 Å². The number of thiazole rings is 1. The number of allylic oxidation sites excluding steroid dienone is 3. The lowest BCUT2D eigenvalue weighted by Crippen LogP contribution is -2.20. The third-order valence-corrected chi connectivity index (χ3v) is 5.78. The van der Waals surface area contributed by atoms with Crippen molar-refractivity contribution in [2.24, 2.45) is 4.99 Å². The Morgan fingerprint density at radius 1 is 1.21 bits per heavy atom. The zero-order valence-electron chi connectivity index (χ0n) is 16.4. The summed E-state index contributed by atoms with van der Waals surface area (Å²) < 4.78 is 1.08. The van der Waals surface area contributed by atoms with Gasteiger partial charge in [-0.05, 0) is 36.4 Å². The van der Waals surface area contributed by atoms with E-state index in [1.165, 1.54) is 0 Å². The Morgan fingerprint density at radius 2 is 2.07 bits per heavy atom. The number of carbonyl (C=O) groups is 1. The average molecular weight is 403 g/mol. The van der Waals surface area contributed by atoms with Crippen LogP contribution in [0.15, 0.2) is 64.8 Å². The number of aromatic nitrogens is 1. The Balaban J connectivity index is 1.66. The molecule has 0 saturated carbocycles. The molecule has 1 aliphatic carbocycles. The fourth-order valence-corrected chi connectivity index (χ4v) is 4.12. The number of nitrogens with one attached hydrogen (secondary N) is 1. The van der Waals surface area contributed by atoms with Crippen LogP contribution >= 0.6 is 11.3 Å². The quantitative estimate of drug-likeness (QED) is 0.856. The molecule has 2 aromatic rings. The van der Waals surface area contributed by atoms with Gasteiger partial charge in [0, 0.05) is 43.6 Å². The molecule has 2 heterocycles.